The van der Waals surface area contributed by atoms with Crippen LogP contribution in [0.5, 0.6) is 5.75 Å². The summed E-state index contributed by atoms with van der Waals surface area (Å²) in [6.45, 7) is 4.04. The maximum absolute atomic E-state index is 10.2. The smallest absolute Gasteiger partial charge is 0.125 e. The Morgan fingerprint density at radius 1 is 0.950 bits per heavy atom. The molecule has 0 aliphatic rings. The minimum atomic E-state index is 0.283. The third-order valence-corrected chi connectivity index (χ3v) is 3.53. The Morgan fingerprint density at radius 3 is 2.40 bits per heavy atom. The largest absolute Gasteiger partial charge is 0.507 e. The second-order valence-electron chi connectivity index (χ2n) is 4.92. The molecule has 0 saturated heterocycles. The molecule has 1 N–H and O–H groups in total. The molecule has 1 aromatic heterocycles. The van der Waals surface area contributed by atoms with Gasteiger partial charge in [-0.3, -0.25) is 0 Å². The molecule has 3 heteroatoms. The van der Waals surface area contributed by atoms with Gasteiger partial charge in [0.2, 0.25) is 0 Å². The zero-order chi connectivity index (χ0) is 14.1. The third-order valence-electron chi connectivity index (χ3n) is 3.53. The number of aromatic hydroxyl groups is 1. The van der Waals surface area contributed by atoms with Crippen molar-refractivity contribution in [1.29, 1.82) is 0 Å². The molecule has 1 heterocycles. The van der Waals surface area contributed by atoms with Gasteiger partial charge in [-0.1, -0.05) is 18.2 Å². The first-order valence-electron chi connectivity index (χ1n) is 6.57. The number of phenols is 1. The number of rotatable bonds is 2. The molecule has 3 rings (SSSR count). The fraction of sp³-hybridized carbons (Fsp3) is 0.118. The summed E-state index contributed by atoms with van der Waals surface area (Å²) < 4.78 is 1.84. The van der Waals surface area contributed by atoms with E-state index in [2.05, 4.69) is 5.10 Å². The zero-order valence-corrected chi connectivity index (χ0v) is 11.5. The van der Waals surface area contributed by atoms with E-state index in [1.54, 1.807) is 12.3 Å². The highest BCUT2D eigenvalue weighted by Crippen LogP contribution is 2.32. The standard InChI is InChI=1S/C17H16N2O/c1-12-10-15(17(20)11-13(12)2)16-8-9-18-19(16)14-6-4-3-5-7-14/h3-11,20H,1-2H3. The summed E-state index contributed by atoms with van der Waals surface area (Å²) in [5.74, 6) is 0.283. The van der Waals surface area contributed by atoms with Crippen molar-refractivity contribution >= 4 is 0 Å². The Balaban J connectivity index is 2.18. The van der Waals surface area contributed by atoms with E-state index >= 15 is 0 Å². The summed E-state index contributed by atoms with van der Waals surface area (Å²) in [6, 6.07) is 15.6. The Morgan fingerprint density at radius 2 is 1.65 bits per heavy atom. The van der Waals surface area contributed by atoms with Gasteiger partial charge in [0.05, 0.1) is 17.6 Å². The number of benzene rings is 2. The van der Waals surface area contributed by atoms with Crippen molar-refractivity contribution in [3.8, 4) is 22.7 Å². The van der Waals surface area contributed by atoms with Crippen LogP contribution in [0.15, 0.2) is 54.7 Å². The number of hydrogen-bond donors (Lipinski definition) is 1. The molecule has 0 bridgehead atoms. The molecule has 100 valence electrons. The molecule has 3 nitrogen and oxygen atoms in total. The first-order chi connectivity index (χ1) is 9.66. The van der Waals surface area contributed by atoms with Crippen molar-refractivity contribution in [3.05, 3.63) is 65.9 Å². The van der Waals surface area contributed by atoms with Gasteiger partial charge in [0.25, 0.3) is 0 Å². The molecule has 3 aromatic rings. The van der Waals surface area contributed by atoms with E-state index in [1.165, 1.54) is 0 Å². The van der Waals surface area contributed by atoms with E-state index in [0.29, 0.717) is 0 Å². The predicted molar refractivity (Wildman–Crippen MR) is 80.1 cm³/mol. The van der Waals surface area contributed by atoms with E-state index in [4.69, 9.17) is 0 Å². The SMILES string of the molecule is Cc1cc(O)c(-c2ccnn2-c2ccccc2)cc1C. The molecule has 0 aliphatic carbocycles. The third kappa shape index (κ3) is 2.07. The molecular formula is C17H16N2O. The molecule has 2 aromatic carbocycles. The number of nitrogens with zero attached hydrogens (tertiary/aromatic N) is 2. The number of aromatic nitrogens is 2. The van der Waals surface area contributed by atoms with Gasteiger partial charge < -0.3 is 5.11 Å². The zero-order valence-electron chi connectivity index (χ0n) is 11.5. The molecule has 0 amide bonds. The normalized spacial score (nSPS) is 10.7. The minimum Gasteiger partial charge on any atom is -0.507 e. The van der Waals surface area contributed by atoms with Gasteiger partial charge in [-0.2, -0.15) is 5.10 Å². The Kier molecular flexibility index (Phi) is 3.03. The van der Waals surface area contributed by atoms with Crippen molar-refractivity contribution in [2.24, 2.45) is 0 Å². The molecule has 0 aliphatic heterocycles. The summed E-state index contributed by atoms with van der Waals surface area (Å²) in [6.07, 6.45) is 1.75. The van der Waals surface area contributed by atoms with Gasteiger partial charge in [0, 0.05) is 5.56 Å². The van der Waals surface area contributed by atoms with Crippen molar-refractivity contribution < 1.29 is 5.11 Å². The topological polar surface area (TPSA) is 38.1 Å². The second kappa shape index (κ2) is 4.85. The second-order valence-corrected chi connectivity index (χ2v) is 4.92. The highest BCUT2D eigenvalue weighted by atomic mass is 16.3. The first kappa shape index (κ1) is 12.5. The summed E-state index contributed by atoms with van der Waals surface area (Å²) in [5, 5.41) is 14.6. The lowest BCUT2D eigenvalue weighted by Crippen LogP contribution is -1.99. The van der Waals surface area contributed by atoms with E-state index in [-0.39, 0.29) is 5.75 Å². The van der Waals surface area contributed by atoms with Crippen LogP contribution in [-0.2, 0) is 0 Å². The minimum absolute atomic E-state index is 0.283. The van der Waals surface area contributed by atoms with Crippen LogP contribution in [0.2, 0.25) is 0 Å². The van der Waals surface area contributed by atoms with Crippen LogP contribution in [0.4, 0.5) is 0 Å². The van der Waals surface area contributed by atoms with Crippen molar-refractivity contribution in [1.82, 2.24) is 9.78 Å². The quantitative estimate of drug-likeness (QED) is 0.763. The molecular weight excluding hydrogens is 248 g/mol. The fourth-order valence-electron chi connectivity index (χ4n) is 2.29. The Bertz CT molecular complexity index is 745. The number of para-hydroxylation sites is 1. The summed E-state index contributed by atoms with van der Waals surface area (Å²) in [5.41, 5.74) is 4.90. The van der Waals surface area contributed by atoms with Gasteiger partial charge in [0.15, 0.2) is 0 Å². The monoisotopic (exact) mass is 264 g/mol. The average Bonchev–Trinajstić information content (AvgIpc) is 2.93. The van der Waals surface area contributed by atoms with Gasteiger partial charge in [-0.25, -0.2) is 4.68 Å². The van der Waals surface area contributed by atoms with Gasteiger partial charge in [0.1, 0.15) is 5.75 Å². The average molecular weight is 264 g/mol. The van der Waals surface area contributed by atoms with Crippen LogP contribution in [0.25, 0.3) is 16.9 Å². The van der Waals surface area contributed by atoms with E-state index in [1.807, 2.05) is 61.0 Å². The number of aryl methyl sites for hydroxylation is 2. The van der Waals surface area contributed by atoms with Crippen LogP contribution in [0.1, 0.15) is 11.1 Å². The number of hydrogen-bond acceptors (Lipinski definition) is 2. The fourth-order valence-corrected chi connectivity index (χ4v) is 2.29. The van der Waals surface area contributed by atoms with Crippen molar-refractivity contribution in [3.63, 3.8) is 0 Å². The Hall–Kier alpha value is -2.55. The van der Waals surface area contributed by atoms with Gasteiger partial charge in [-0.05, 0) is 55.3 Å². The number of phenolic OH excluding ortho intramolecular Hbond substituents is 1. The maximum atomic E-state index is 10.2. The summed E-state index contributed by atoms with van der Waals surface area (Å²) in [7, 11) is 0. The lowest BCUT2D eigenvalue weighted by molar-refractivity contribution is 0.476. The maximum Gasteiger partial charge on any atom is 0.125 e. The van der Waals surface area contributed by atoms with Crippen molar-refractivity contribution in [2.75, 3.05) is 0 Å². The van der Waals surface area contributed by atoms with Crippen LogP contribution in [-0.4, -0.2) is 14.9 Å². The Labute approximate surface area is 118 Å². The highest BCUT2D eigenvalue weighted by molar-refractivity contribution is 5.70. The van der Waals surface area contributed by atoms with Crippen LogP contribution >= 0.6 is 0 Å². The van der Waals surface area contributed by atoms with E-state index in [9.17, 15) is 5.11 Å². The lowest BCUT2D eigenvalue weighted by Gasteiger charge is -2.11. The molecule has 0 fully saturated rings. The summed E-state index contributed by atoms with van der Waals surface area (Å²) in [4.78, 5) is 0. The van der Waals surface area contributed by atoms with Crippen LogP contribution < -0.4 is 0 Å². The molecule has 0 spiro atoms. The van der Waals surface area contributed by atoms with E-state index < -0.39 is 0 Å². The predicted octanol–water partition coefficient (Wildman–Crippen LogP) is 3.86. The van der Waals surface area contributed by atoms with Crippen molar-refractivity contribution in [2.45, 2.75) is 13.8 Å². The molecule has 0 saturated carbocycles. The molecule has 0 radical (unpaired) electrons. The molecule has 0 unspecified atom stereocenters. The van der Waals surface area contributed by atoms with Crippen LogP contribution in [0.3, 0.4) is 0 Å². The van der Waals surface area contributed by atoms with Gasteiger partial charge in [-0.15, -0.1) is 0 Å². The van der Waals surface area contributed by atoms with E-state index in [0.717, 1.165) is 28.1 Å². The van der Waals surface area contributed by atoms with Crippen LogP contribution in [0, 0.1) is 13.8 Å². The lowest BCUT2D eigenvalue weighted by atomic mass is 10.0. The summed E-state index contributed by atoms with van der Waals surface area (Å²) >= 11 is 0. The van der Waals surface area contributed by atoms with Gasteiger partial charge >= 0.3 is 0 Å². The first-order valence-corrected chi connectivity index (χ1v) is 6.57. The highest BCUT2D eigenvalue weighted by Gasteiger charge is 2.12. The molecule has 20 heavy (non-hydrogen) atoms. The molecule has 0 atom stereocenters.